The van der Waals surface area contributed by atoms with E-state index in [1.807, 2.05) is 0 Å². The summed E-state index contributed by atoms with van der Waals surface area (Å²) >= 11 is 0. The molecule has 1 amide bonds. The van der Waals surface area contributed by atoms with Gasteiger partial charge in [0, 0.05) is 12.5 Å². The number of amides is 1. The predicted molar refractivity (Wildman–Crippen MR) is 103 cm³/mol. The molecular weight excluding hydrogens is 400 g/mol. The molecular formula is C21H27F2NO6. The number of rotatable bonds is 7. The number of aliphatic carboxylic acids is 1. The number of carbonyl (C=O) groups is 2. The van der Waals surface area contributed by atoms with Crippen molar-refractivity contribution >= 4 is 12.1 Å². The molecule has 2 aliphatic rings. The summed E-state index contributed by atoms with van der Waals surface area (Å²) in [6, 6.07) is 3.57. The zero-order valence-electron chi connectivity index (χ0n) is 17.3. The van der Waals surface area contributed by atoms with Gasteiger partial charge in [-0.25, -0.2) is 9.59 Å². The van der Waals surface area contributed by atoms with Gasteiger partial charge in [0.15, 0.2) is 11.5 Å². The first-order valence-corrected chi connectivity index (χ1v) is 9.97. The third-order valence-electron chi connectivity index (χ3n) is 5.04. The normalized spacial score (nSPS) is 21.6. The molecule has 0 radical (unpaired) electrons. The molecule has 1 saturated heterocycles. The molecule has 1 aromatic carbocycles. The summed E-state index contributed by atoms with van der Waals surface area (Å²) in [6.45, 7) is 2.70. The Hall–Kier alpha value is -2.58. The highest BCUT2D eigenvalue weighted by Gasteiger charge is 2.42. The first-order chi connectivity index (χ1) is 14.0. The van der Waals surface area contributed by atoms with Crippen LogP contribution in [-0.2, 0) is 9.53 Å². The molecule has 1 saturated carbocycles. The smallest absolute Gasteiger partial charge is 0.411 e. The van der Waals surface area contributed by atoms with Gasteiger partial charge in [0.1, 0.15) is 11.6 Å². The van der Waals surface area contributed by atoms with Crippen LogP contribution >= 0.6 is 0 Å². The van der Waals surface area contributed by atoms with E-state index < -0.39 is 30.3 Å². The van der Waals surface area contributed by atoms with Crippen molar-refractivity contribution in [2.75, 3.05) is 13.2 Å². The molecule has 9 heteroatoms. The third kappa shape index (κ3) is 5.73. The number of alkyl halides is 2. The van der Waals surface area contributed by atoms with Gasteiger partial charge in [-0.05, 0) is 63.6 Å². The van der Waals surface area contributed by atoms with Crippen molar-refractivity contribution in [1.29, 1.82) is 0 Å². The minimum atomic E-state index is -2.98. The highest BCUT2D eigenvalue weighted by Crippen LogP contribution is 2.39. The molecule has 1 N–H and O–H groups in total. The zero-order chi connectivity index (χ0) is 22.1. The Morgan fingerprint density at radius 1 is 1.23 bits per heavy atom. The molecule has 1 aliphatic heterocycles. The van der Waals surface area contributed by atoms with Crippen LogP contribution in [0.25, 0.3) is 0 Å². The molecule has 0 aromatic heterocycles. The van der Waals surface area contributed by atoms with E-state index in [2.05, 4.69) is 4.74 Å². The summed E-state index contributed by atoms with van der Waals surface area (Å²) in [5.74, 6) is -0.874. The van der Waals surface area contributed by atoms with Crippen LogP contribution in [0, 0.1) is 5.92 Å². The number of carbonyl (C=O) groups excluding carboxylic acids is 1. The van der Waals surface area contributed by atoms with E-state index >= 15 is 0 Å². The zero-order valence-corrected chi connectivity index (χ0v) is 17.3. The maximum atomic E-state index is 12.7. The highest BCUT2D eigenvalue weighted by atomic mass is 19.3. The minimum absolute atomic E-state index is 0.0637. The first-order valence-electron chi connectivity index (χ1n) is 9.97. The topological polar surface area (TPSA) is 85.3 Å². The molecule has 1 aliphatic carbocycles. The standard InChI is InChI=1S/C21H27F2NO6/c1-21(2,3)30-20(27)24-10-14(8-15(24)18(25)26)13-6-7-16(29-19(22)23)17(9-13)28-11-12-4-5-12/h6-7,9,12,14-15,19H,4-5,8,10-11H2,1-3H3,(H,25,26). The van der Waals surface area contributed by atoms with E-state index in [4.69, 9.17) is 9.47 Å². The number of carboxylic acids is 1. The van der Waals surface area contributed by atoms with Gasteiger partial charge in [-0.15, -0.1) is 0 Å². The van der Waals surface area contributed by atoms with Gasteiger partial charge in [0.25, 0.3) is 0 Å². The Bertz CT molecular complexity index is 790. The molecule has 0 bridgehead atoms. The Morgan fingerprint density at radius 2 is 1.93 bits per heavy atom. The first kappa shape index (κ1) is 22.1. The van der Waals surface area contributed by atoms with Crippen molar-refractivity contribution in [3.05, 3.63) is 23.8 Å². The van der Waals surface area contributed by atoms with Crippen molar-refractivity contribution < 1.29 is 37.7 Å². The highest BCUT2D eigenvalue weighted by molar-refractivity contribution is 5.81. The Labute approximate surface area is 173 Å². The van der Waals surface area contributed by atoms with Gasteiger partial charge < -0.3 is 19.3 Å². The second kappa shape index (κ2) is 8.65. The lowest BCUT2D eigenvalue weighted by Crippen LogP contribution is -2.43. The van der Waals surface area contributed by atoms with Gasteiger partial charge in [-0.1, -0.05) is 6.07 Å². The molecule has 166 valence electrons. The fourth-order valence-electron chi connectivity index (χ4n) is 3.41. The lowest BCUT2D eigenvalue weighted by Gasteiger charge is -2.26. The lowest BCUT2D eigenvalue weighted by molar-refractivity contribution is -0.142. The van der Waals surface area contributed by atoms with Gasteiger partial charge in [-0.3, -0.25) is 4.90 Å². The summed E-state index contributed by atoms with van der Waals surface area (Å²) in [6.07, 6.45) is 1.57. The van der Waals surface area contributed by atoms with E-state index in [0.717, 1.165) is 12.8 Å². The van der Waals surface area contributed by atoms with E-state index in [1.54, 1.807) is 32.9 Å². The van der Waals surface area contributed by atoms with Crippen LogP contribution in [0.5, 0.6) is 11.5 Å². The van der Waals surface area contributed by atoms with Crippen molar-refractivity contribution in [2.24, 2.45) is 5.92 Å². The summed E-state index contributed by atoms with van der Waals surface area (Å²) in [4.78, 5) is 25.4. The number of ether oxygens (including phenoxy) is 3. The molecule has 30 heavy (non-hydrogen) atoms. The van der Waals surface area contributed by atoms with Crippen LogP contribution in [0.15, 0.2) is 18.2 Å². The molecule has 2 fully saturated rings. The fraction of sp³-hybridized carbons (Fsp3) is 0.619. The number of carboxylic acid groups (broad SMARTS) is 1. The summed E-state index contributed by atoms with van der Waals surface area (Å²) in [5, 5.41) is 9.57. The van der Waals surface area contributed by atoms with Gasteiger partial charge >= 0.3 is 18.7 Å². The van der Waals surface area contributed by atoms with Crippen LogP contribution in [0.1, 0.15) is 51.5 Å². The summed E-state index contributed by atoms with van der Waals surface area (Å²) < 4.78 is 41.0. The molecule has 1 heterocycles. The van der Waals surface area contributed by atoms with Gasteiger partial charge in [0.05, 0.1) is 6.61 Å². The lowest BCUT2D eigenvalue weighted by atomic mass is 9.96. The predicted octanol–water partition coefficient (Wildman–Crippen LogP) is 4.25. The van der Waals surface area contributed by atoms with Crippen molar-refractivity contribution in [3.63, 3.8) is 0 Å². The maximum absolute atomic E-state index is 12.7. The largest absolute Gasteiger partial charge is 0.489 e. The number of likely N-dealkylation sites (tertiary alicyclic amines) is 1. The van der Waals surface area contributed by atoms with Crippen LogP contribution < -0.4 is 9.47 Å². The van der Waals surface area contributed by atoms with Crippen LogP contribution in [0.3, 0.4) is 0 Å². The molecule has 2 atom stereocenters. The molecule has 2 unspecified atom stereocenters. The maximum Gasteiger partial charge on any atom is 0.411 e. The quantitative estimate of drug-likeness (QED) is 0.700. The molecule has 1 aromatic rings. The fourth-order valence-corrected chi connectivity index (χ4v) is 3.41. The van der Waals surface area contributed by atoms with Crippen molar-refractivity contribution in [1.82, 2.24) is 4.90 Å². The van der Waals surface area contributed by atoms with E-state index in [0.29, 0.717) is 18.1 Å². The van der Waals surface area contributed by atoms with Gasteiger partial charge in [0.2, 0.25) is 0 Å². The van der Waals surface area contributed by atoms with E-state index in [9.17, 15) is 23.5 Å². The average Bonchev–Trinajstić information content (AvgIpc) is 3.34. The van der Waals surface area contributed by atoms with Crippen molar-refractivity contribution in [2.45, 2.75) is 64.2 Å². The second-order valence-corrected chi connectivity index (χ2v) is 8.76. The minimum Gasteiger partial charge on any atom is -0.489 e. The monoisotopic (exact) mass is 427 g/mol. The number of benzene rings is 1. The number of hydrogen-bond donors (Lipinski definition) is 1. The van der Waals surface area contributed by atoms with Crippen LogP contribution in [0.4, 0.5) is 13.6 Å². The average molecular weight is 427 g/mol. The second-order valence-electron chi connectivity index (χ2n) is 8.76. The Morgan fingerprint density at radius 3 is 2.50 bits per heavy atom. The van der Waals surface area contributed by atoms with Crippen LogP contribution in [-0.4, -0.2) is 53.5 Å². The summed E-state index contributed by atoms with van der Waals surface area (Å²) in [7, 11) is 0. The molecule has 7 nitrogen and oxygen atoms in total. The molecule has 0 spiro atoms. The molecule has 3 rings (SSSR count). The van der Waals surface area contributed by atoms with E-state index in [-0.39, 0.29) is 30.4 Å². The Kier molecular flexibility index (Phi) is 6.38. The van der Waals surface area contributed by atoms with Gasteiger partial charge in [-0.2, -0.15) is 8.78 Å². The van der Waals surface area contributed by atoms with Crippen molar-refractivity contribution in [3.8, 4) is 11.5 Å². The number of halogens is 2. The summed E-state index contributed by atoms with van der Waals surface area (Å²) in [5.41, 5.74) is -0.0595. The number of hydrogen-bond acceptors (Lipinski definition) is 5. The van der Waals surface area contributed by atoms with E-state index in [1.165, 1.54) is 11.0 Å². The van der Waals surface area contributed by atoms with Crippen LogP contribution in [0.2, 0.25) is 0 Å². The third-order valence-corrected chi connectivity index (χ3v) is 5.04. The Balaban J connectivity index is 1.80. The number of nitrogens with zero attached hydrogens (tertiary/aromatic N) is 1. The SMILES string of the molecule is CC(C)(C)OC(=O)N1CC(c2ccc(OC(F)F)c(OCC3CC3)c2)CC1C(=O)O.